The van der Waals surface area contributed by atoms with Gasteiger partial charge in [0.25, 0.3) is 0 Å². The molecule has 1 fully saturated rings. The maximum atomic E-state index is 13.4. The van der Waals surface area contributed by atoms with Crippen LogP contribution in [0.5, 0.6) is 0 Å². The molecule has 10 heteroatoms. The van der Waals surface area contributed by atoms with Crippen LogP contribution in [0.4, 0.5) is 0 Å². The summed E-state index contributed by atoms with van der Waals surface area (Å²) in [5.41, 5.74) is 0.508. The predicted octanol–water partition coefficient (Wildman–Crippen LogP) is 1.12. The minimum absolute atomic E-state index is 0.297. The predicted molar refractivity (Wildman–Crippen MR) is 109 cm³/mol. The van der Waals surface area contributed by atoms with Gasteiger partial charge in [-0.1, -0.05) is 19.1 Å². The third kappa shape index (κ3) is 4.20. The number of nitrogens with zero attached hydrogens (tertiary/aromatic N) is 6. The lowest BCUT2D eigenvalue weighted by Gasteiger charge is -2.45. The average Bonchev–Trinajstić information content (AvgIpc) is 3.21. The summed E-state index contributed by atoms with van der Waals surface area (Å²) in [7, 11) is 1.91. The molecule has 1 aliphatic heterocycles. The molecule has 1 atom stereocenters. The van der Waals surface area contributed by atoms with Crippen molar-refractivity contribution in [3.63, 3.8) is 0 Å². The van der Waals surface area contributed by atoms with Crippen molar-refractivity contribution in [3.8, 4) is 0 Å². The summed E-state index contributed by atoms with van der Waals surface area (Å²) in [6.45, 7) is 3.82. The van der Waals surface area contributed by atoms with Gasteiger partial charge in [-0.05, 0) is 61.5 Å². The van der Waals surface area contributed by atoms with E-state index >= 15 is 0 Å². The second-order valence-electron chi connectivity index (χ2n) is 7.58. The maximum Gasteiger partial charge on any atom is 0.243 e. The van der Waals surface area contributed by atoms with Crippen molar-refractivity contribution in [3.05, 3.63) is 35.7 Å². The van der Waals surface area contributed by atoms with Crippen molar-refractivity contribution < 1.29 is 13.2 Å². The summed E-state index contributed by atoms with van der Waals surface area (Å²) in [4.78, 5) is 2.35. The zero-order valence-corrected chi connectivity index (χ0v) is 18.4. The molecule has 3 rings (SSSR count). The standard InChI is InChI=1S/C19H30N6O3S/c1-5-16-7-9-17(10-8-16)29(26,27)24-12-6-11-19(15-24,23(2)3)18-20-21-22-25(18)13-14-28-4/h7-10H,5-6,11-15H2,1-4H3. The Kier molecular flexibility index (Phi) is 6.67. The van der Waals surface area contributed by atoms with Gasteiger partial charge < -0.3 is 4.74 Å². The van der Waals surface area contributed by atoms with Crippen LogP contribution in [-0.2, 0) is 33.3 Å². The number of likely N-dealkylation sites (N-methyl/N-ethyl adjacent to an activating group) is 1. The zero-order valence-electron chi connectivity index (χ0n) is 17.6. The molecule has 0 bridgehead atoms. The number of methoxy groups -OCH3 is 1. The number of aryl methyl sites for hydroxylation is 1. The van der Waals surface area contributed by atoms with Crippen LogP contribution < -0.4 is 0 Å². The Bertz CT molecular complexity index is 912. The van der Waals surface area contributed by atoms with E-state index in [4.69, 9.17) is 4.74 Å². The molecular weight excluding hydrogens is 392 g/mol. The molecule has 0 radical (unpaired) electrons. The Morgan fingerprint density at radius 1 is 1.24 bits per heavy atom. The molecule has 1 aliphatic rings. The molecule has 2 heterocycles. The SMILES string of the molecule is CCc1ccc(S(=O)(=O)N2CCCC(c3nnnn3CCOC)(N(C)C)C2)cc1. The second-order valence-corrected chi connectivity index (χ2v) is 9.52. The van der Waals surface area contributed by atoms with Gasteiger partial charge in [-0.15, -0.1) is 5.10 Å². The van der Waals surface area contributed by atoms with Gasteiger partial charge in [0.2, 0.25) is 10.0 Å². The van der Waals surface area contributed by atoms with Crippen LogP contribution in [0.15, 0.2) is 29.2 Å². The lowest BCUT2D eigenvalue weighted by molar-refractivity contribution is 0.0620. The zero-order chi connectivity index (χ0) is 21.1. The fraction of sp³-hybridized carbons (Fsp3) is 0.632. The minimum atomic E-state index is -3.61. The van der Waals surface area contributed by atoms with E-state index in [2.05, 4.69) is 15.5 Å². The third-order valence-electron chi connectivity index (χ3n) is 5.72. The molecule has 0 spiro atoms. The summed E-state index contributed by atoms with van der Waals surface area (Å²) in [5, 5.41) is 12.2. The number of aromatic nitrogens is 4. The van der Waals surface area contributed by atoms with Crippen molar-refractivity contribution in [2.45, 2.75) is 43.2 Å². The molecule has 29 heavy (non-hydrogen) atoms. The van der Waals surface area contributed by atoms with Gasteiger partial charge in [0, 0.05) is 20.2 Å². The summed E-state index contributed by atoms with van der Waals surface area (Å²) in [5.74, 6) is 0.667. The van der Waals surface area contributed by atoms with Gasteiger partial charge >= 0.3 is 0 Å². The first-order valence-electron chi connectivity index (χ1n) is 9.87. The van der Waals surface area contributed by atoms with Crippen molar-refractivity contribution in [2.24, 2.45) is 0 Å². The Balaban J connectivity index is 1.94. The van der Waals surface area contributed by atoms with E-state index in [1.165, 1.54) is 0 Å². The van der Waals surface area contributed by atoms with E-state index < -0.39 is 15.6 Å². The van der Waals surface area contributed by atoms with Crippen molar-refractivity contribution >= 4 is 10.0 Å². The lowest BCUT2D eigenvalue weighted by Crippen LogP contribution is -2.56. The van der Waals surface area contributed by atoms with Gasteiger partial charge in [-0.3, -0.25) is 4.90 Å². The smallest absolute Gasteiger partial charge is 0.243 e. The monoisotopic (exact) mass is 422 g/mol. The van der Waals surface area contributed by atoms with Gasteiger partial charge in [0.15, 0.2) is 5.82 Å². The number of ether oxygens (including phenoxy) is 1. The highest BCUT2D eigenvalue weighted by Gasteiger charge is 2.46. The number of rotatable bonds is 8. The number of benzene rings is 1. The largest absolute Gasteiger partial charge is 0.383 e. The van der Waals surface area contributed by atoms with Crippen molar-refractivity contribution in [2.75, 3.05) is 40.9 Å². The Morgan fingerprint density at radius 2 is 1.97 bits per heavy atom. The maximum absolute atomic E-state index is 13.4. The van der Waals surface area contributed by atoms with E-state index in [9.17, 15) is 8.42 Å². The highest BCUT2D eigenvalue weighted by molar-refractivity contribution is 7.89. The van der Waals surface area contributed by atoms with Gasteiger partial charge in [-0.2, -0.15) is 4.31 Å². The molecule has 0 aliphatic carbocycles. The quantitative estimate of drug-likeness (QED) is 0.629. The highest BCUT2D eigenvalue weighted by atomic mass is 32.2. The number of tetrazole rings is 1. The van der Waals surface area contributed by atoms with Crippen molar-refractivity contribution in [1.82, 2.24) is 29.4 Å². The topological polar surface area (TPSA) is 93.5 Å². The van der Waals surface area contributed by atoms with Crippen LogP contribution >= 0.6 is 0 Å². The van der Waals surface area contributed by atoms with E-state index in [1.54, 1.807) is 28.2 Å². The first kappa shape index (κ1) is 21.8. The minimum Gasteiger partial charge on any atom is -0.383 e. The van der Waals surface area contributed by atoms with E-state index in [-0.39, 0.29) is 0 Å². The molecule has 1 unspecified atom stereocenters. The molecular formula is C19H30N6O3S. The third-order valence-corrected chi connectivity index (χ3v) is 7.58. The van der Waals surface area contributed by atoms with Crippen LogP contribution in [0.1, 0.15) is 31.2 Å². The molecule has 2 aromatic rings. The van der Waals surface area contributed by atoms with Crippen LogP contribution in [0.2, 0.25) is 0 Å². The van der Waals surface area contributed by atoms with Gasteiger partial charge in [0.1, 0.15) is 0 Å². The van der Waals surface area contributed by atoms with E-state index in [1.807, 2.05) is 38.1 Å². The number of hydrogen-bond acceptors (Lipinski definition) is 7. The van der Waals surface area contributed by atoms with E-state index in [0.717, 1.165) is 24.8 Å². The van der Waals surface area contributed by atoms with Crippen LogP contribution in [0.25, 0.3) is 0 Å². The fourth-order valence-electron chi connectivity index (χ4n) is 3.86. The molecule has 9 nitrogen and oxygen atoms in total. The second kappa shape index (κ2) is 8.86. The van der Waals surface area contributed by atoms with Crippen molar-refractivity contribution in [1.29, 1.82) is 0 Å². The fourth-order valence-corrected chi connectivity index (χ4v) is 5.39. The molecule has 1 saturated heterocycles. The highest BCUT2D eigenvalue weighted by Crippen LogP contribution is 2.36. The van der Waals surface area contributed by atoms with Crippen LogP contribution in [-0.4, -0.2) is 78.7 Å². The number of piperidine rings is 1. The summed E-state index contributed by atoms with van der Waals surface area (Å²) in [6.07, 6.45) is 2.37. The first-order chi connectivity index (χ1) is 13.8. The lowest BCUT2D eigenvalue weighted by atomic mass is 9.88. The van der Waals surface area contributed by atoms with E-state index in [0.29, 0.717) is 37.0 Å². The number of hydrogen-bond donors (Lipinski definition) is 0. The van der Waals surface area contributed by atoms with Gasteiger partial charge in [-0.25, -0.2) is 13.1 Å². The normalized spacial score (nSPS) is 21.0. The molecule has 1 aromatic heterocycles. The molecule has 0 amide bonds. The van der Waals surface area contributed by atoms with Crippen LogP contribution in [0, 0.1) is 0 Å². The molecule has 0 saturated carbocycles. The Labute approximate surface area is 172 Å². The molecule has 1 aromatic carbocycles. The number of sulfonamides is 1. The Hall–Kier alpha value is -1.88. The summed E-state index contributed by atoms with van der Waals surface area (Å²) in [6, 6.07) is 7.15. The van der Waals surface area contributed by atoms with Gasteiger partial charge in [0.05, 0.1) is 23.6 Å². The average molecular weight is 423 g/mol. The first-order valence-corrected chi connectivity index (χ1v) is 11.3. The van der Waals surface area contributed by atoms with Crippen LogP contribution in [0.3, 0.4) is 0 Å². The molecule has 0 N–H and O–H groups in total. The summed E-state index contributed by atoms with van der Waals surface area (Å²) < 4.78 is 35.2. The summed E-state index contributed by atoms with van der Waals surface area (Å²) >= 11 is 0. The Morgan fingerprint density at radius 3 is 2.59 bits per heavy atom. The molecule has 160 valence electrons.